The number of carboxylic acid groups (broad SMARTS) is 5. The third-order valence-electron chi connectivity index (χ3n) is 0.439. The van der Waals surface area contributed by atoms with E-state index in [2.05, 4.69) is 0 Å². The summed E-state index contributed by atoms with van der Waals surface area (Å²) in [5.41, 5.74) is 24.6. The van der Waals surface area contributed by atoms with Crippen LogP contribution in [-0.4, -0.2) is 81.2 Å². The van der Waals surface area contributed by atoms with Crippen LogP contribution in [0.3, 0.4) is 0 Å². The molecule has 0 radical (unpaired) electrons. The molecular weight excluding hydrogens is 398 g/mol. The Kier molecular flexibility index (Phi) is 69.3. The highest BCUT2D eigenvalue weighted by molar-refractivity contribution is 5.63. The van der Waals surface area contributed by atoms with E-state index in [4.69, 9.17) is 78.2 Å². The smallest absolute Gasteiger partial charge is 0.300 e. The molecule has 0 saturated heterocycles. The van der Waals surface area contributed by atoms with E-state index in [1.54, 1.807) is 0 Å². The van der Waals surface area contributed by atoms with Gasteiger partial charge in [0, 0.05) is 54.3 Å². The van der Waals surface area contributed by atoms with Crippen LogP contribution in [0.1, 0.15) is 34.6 Å². The van der Waals surface area contributed by atoms with Crippen molar-refractivity contribution in [3.63, 3.8) is 0 Å². The fourth-order valence-electron chi connectivity index (χ4n) is 0. The van der Waals surface area contributed by atoms with Crippen molar-refractivity contribution in [2.24, 2.45) is 28.7 Å². The van der Waals surface area contributed by atoms with E-state index >= 15 is 0 Å². The summed E-state index contributed by atoms with van der Waals surface area (Å²) in [5.74, 6) is -4.17. The predicted molar refractivity (Wildman–Crippen MR) is 106 cm³/mol. The van der Waals surface area contributed by atoms with Crippen LogP contribution in [0.25, 0.3) is 0 Å². The maximum absolute atomic E-state index is 9.00. The lowest BCUT2D eigenvalue weighted by Crippen LogP contribution is -2.37. The molecule has 0 aromatic heterocycles. The van der Waals surface area contributed by atoms with Gasteiger partial charge >= 0.3 is 0 Å². The zero-order chi connectivity index (χ0) is 25.6. The Hall–Kier alpha value is -2.85. The van der Waals surface area contributed by atoms with Crippen LogP contribution >= 0.6 is 0 Å². The molecule has 29 heavy (non-hydrogen) atoms. The molecule has 0 amide bonds. The zero-order valence-electron chi connectivity index (χ0n) is 17.4. The first kappa shape index (κ1) is 45.1. The maximum Gasteiger partial charge on any atom is 0.300 e. The van der Waals surface area contributed by atoms with E-state index in [0.29, 0.717) is 19.6 Å². The zero-order valence-corrected chi connectivity index (χ0v) is 17.4. The summed E-state index contributed by atoms with van der Waals surface area (Å²) in [6.45, 7) is 6.97. The number of hydrogen-bond donors (Lipinski definition) is 10. The van der Waals surface area contributed by atoms with Crippen LogP contribution in [0.15, 0.2) is 0 Å². The summed E-state index contributed by atoms with van der Waals surface area (Å²) >= 11 is 0. The minimum Gasteiger partial charge on any atom is -0.481 e. The Bertz CT molecular complexity index is 301. The Morgan fingerprint density at radius 2 is 0.621 bits per heavy atom. The molecule has 0 aromatic rings. The van der Waals surface area contributed by atoms with Gasteiger partial charge in [-0.3, -0.25) is 24.0 Å². The molecule has 0 saturated carbocycles. The number of rotatable bonds is 2. The van der Waals surface area contributed by atoms with E-state index in [0.717, 1.165) is 34.6 Å². The van der Waals surface area contributed by atoms with E-state index in [1.165, 1.54) is 0 Å². The first-order valence-corrected chi connectivity index (χ1v) is 7.44. The molecule has 0 aliphatic heterocycles. The molecule has 0 spiro atoms. The largest absolute Gasteiger partial charge is 0.481 e. The first-order valence-electron chi connectivity index (χ1n) is 7.44. The number of hydrogen-bond acceptors (Lipinski definition) is 10. The summed E-state index contributed by atoms with van der Waals surface area (Å²) in [7, 11) is 0. The van der Waals surface area contributed by atoms with Gasteiger partial charge in [-0.1, -0.05) is 0 Å². The Balaban J connectivity index is -0.0000000390. The van der Waals surface area contributed by atoms with Gasteiger partial charge in [0.15, 0.2) is 0 Å². The van der Waals surface area contributed by atoms with Gasteiger partial charge in [0.2, 0.25) is 0 Å². The van der Waals surface area contributed by atoms with Gasteiger partial charge in [-0.15, -0.1) is 0 Å². The van der Waals surface area contributed by atoms with Gasteiger partial charge in [-0.05, 0) is 0 Å². The average molecular weight is 435 g/mol. The Morgan fingerprint density at radius 1 is 0.552 bits per heavy atom. The van der Waals surface area contributed by atoms with Gasteiger partial charge in [0.05, 0.1) is 6.17 Å². The quantitative estimate of drug-likeness (QED) is 0.201. The molecule has 0 aromatic carbocycles. The highest BCUT2D eigenvalue weighted by atomic mass is 16.4. The summed E-state index contributed by atoms with van der Waals surface area (Å²) in [4.78, 5) is 45.0. The van der Waals surface area contributed by atoms with Crippen molar-refractivity contribution in [2.75, 3.05) is 19.6 Å². The number of carbonyl (C=O) groups is 5. The van der Waals surface area contributed by atoms with Gasteiger partial charge in [-0.2, -0.15) is 0 Å². The summed E-state index contributed by atoms with van der Waals surface area (Å²) in [6, 6.07) is 0. The average Bonchev–Trinajstić information content (AvgIpc) is 2.44. The van der Waals surface area contributed by atoms with Crippen molar-refractivity contribution >= 4 is 29.8 Å². The molecule has 0 bridgehead atoms. The van der Waals surface area contributed by atoms with Crippen LogP contribution in [0.2, 0.25) is 0 Å². The van der Waals surface area contributed by atoms with Crippen LogP contribution in [0.4, 0.5) is 0 Å². The van der Waals surface area contributed by atoms with Gasteiger partial charge in [0.25, 0.3) is 29.8 Å². The SMILES string of the molecule is CC(=O)O.CC(=O)O.CC(=O)O.CC(=O)O.CC(=O)O.NCC(N)N.NCCN. The lowest BCUT2D eigenvalue weighted by Gasteiger charge is -1.93. The minimum atomic E-state index is -0.833. The van der Waals surface area contributed by atoms with Crippen LogP contribution in [0, 0.1) is 0 Å². The molecule has 0 atom stereocenters. The normalized spacial score (nSPS) is 7.00. The molecule has 0 unspecified atom stereocenters. The fourth-order valence-corrected chi connectivity index (χ4v) is 0. The second kappa shape index (κ2) is 44.5. The predicted octanol–water partition coefficient (Wildman–Crippen LogP) is -2.45. The third-order valence-corrected chi connectivity index (χ3v) is 0.439. The highest BCUT2D eigenvalue weighted by Gasteiger charge is 1.79. The second-order valence-corrected chi connectivity index (χ2v) is 4.07. The number of carboxylic acids is 5. The molecular formula is C14H37N5O10. The van der Waals surface area contributed by atoms with Crippen molar-refractivity contribution < 1.29 is 49.5 Å². The number of aliphatic carboxylic acids is 5. The van der Waals surface area contributed by atoms with Gasteiger partial charge in [-0.25, -0.2) is 0 Å². The lowest BCUT2D eigenvalue weighted by molar-refractivity contribution is -0.135. The molecule has 0 heterocycles. The Morgan fingerprint density at radius 3 is 0.621 bits per heavy atom. The van der Waals surface area contributed by atoms with E-state index in [9.17, 15) is 0 Å². The molecule has 15 nitrogen and oxygen atoms in total. The molecule has 0 aliphatic rings. The number of nitrogens with two attached hydrogens (primary N) is 5. The van der Waals surface area contributed by atoms with Crippen LogP contribution in [-0.2, 0) is 24.0 Å². The van der Waals surface area contributed by atoms with Crippen LogP contribution < -0.4 is 28.7 Å². The highest BCUT2D eigenvalue weighted by Crippen LogP contribution is 1.44. The molecule has 178 valence electrons. The molecule has 15 N–H and O–H groups in total. The molecule has 0 aliphatic carbocycles. The first-order chi connectivity index (χ1) is 12.8. The maximum atomic E-state index is 9.00. The third kappa shape index (κ3) is 599000. The fraction of sp³-hybridized carbons (Fsp3) is 0.643. The molecule has 0 fully saturated rings. The van der Waals surface area contributed by atoms with Crippen molar-refractivity contribution in [3.05, 3.63) is 0 Å². The van der Waals surface area contributed by atoms with Crippen molar-refractivity contribution in [2.45, 2.75) is 40.8 Å². The standard InChI is InChI=1S/C2H9N3.C2H8N2.5C2H4O2/c3-1-2(4)5;3-1-2-4;5*1-2(3)4/h2H,1,3-5H2;1-4H2;5*1H3,(H,3,4). The monoisotopic (exact) mass is 435 g/mol. The summed E-state index contributed by atoms with van der Waals surface area (Å²) < 4.78 is 0. The molecule has 15 heteroatoms. The summed E-state index contributed by atoms with van der Waals surface area (Å²) in [5, 5.41) is 37.1. The van der Waals surface area contributed by atoms with Crippen molar-refractivity contribution in [1.29, 1.82) is 0 Å². The molecule has 0 rings (SSSR count). The summed E-state index contributed by atoms with van der Waals surface area (Å²) in [6.07, 6.45) is -0.338. The Labute approximate surface area is 169 Å². The van der Waals surface area contributed by atoms with Gasteiger partial charge in [0.1, 0.15) is 0 Å². The topological polar surface area (TPSA) is 317 Å². The van der Waals surface area contributed by atoms with Crippen molar-refractivity contribution in [1.82, 2.24) is 0 Å². The minimum absolute atomic E-state index is 0.338. The van der Waals surface area contributed by atoms with E-state index in [1.807, 2.05) is 0 Å². The lowest BCUT2D eigenvalue weighted by atomic mass is 10.6. The van der Waals surface area contributed by atoms with Gasteiger partial charge < -0.3 is 54.2 Å². The van der Waals surface area contributed by atoms with E-state index < -0.39 is 29.8 Å². The van der Waals surface area contributed by atoms with Crippen molar-refractivity contribution in [3.8, 4) is 0 Å². The second-order valence-electron chi connectivity index (χ2n) is 4.07. The van der Waals surface area contributed by atoms with Crippen LogP contribution in [0.5, 0.6) is 0 Å². The van der Waals surface area contributed by atoms with E-state index in [-0.39, 0.29) is 6.17 Å².